The molecule has 19 heavy (non-hydrogen) atoms. The molecule has 2 nitrogen and oxygen atoms in total. The van der Waals surface area contributed by atoms with E-state index in [4.69, 9.17) is 10.00 Å². The Balaban J connectivity index is 1.90. The summed E-state index contributed by atoms with van der Waals surface area (Å²) in [5.74, 6) is 0. The third-order valence-electron chi connectivity index (χ3n) is 2.65. The molecular weight excluding hydrogens is 234 g/mol. The van der Waals surface area contributed by atoms with Gasteiger partial charge in [-0.05, 0) is 17.2 Å². The maximum Gasteiger partial charge on any atom is 0.0971 e. The summed E-state index contributed by atoms with van der Waals surface area (Å²) in [5, 5.41) is 9.09. The molecule has 0 aliphatic heterocycles. The Morgan fingerprint density at radius 3 is 2.26 bits per heavy atom. The van der Waals surface area contributed by atoms with E-state index in [2.05, 4.69) is 6.07 Å². The number of hydrogen-bond donors (Lipinski definition) is 0. The second kappa shape index (κ2) is 7.15. The van der Waals surface area contributed by atoms with Crippen LogP contribution in [0.2, 0.25) is 0 Å². The first-order valence-corrected chi connectivity index (χ1v) is 6.16. The molecule has 0 radical (unpaired) electrons. The molecule has 0 saturated carbocycles. The zero-order chi connectivity index (χ0) is 13.3. The van der Waals surface area contributed by atoms with Crippen LogP contribution in [0, 0.1) is 11.3 Å². The topological polar surface area (TPSA) is 33.0 Å². The summed E-state index contributed by atoms with van der Waals surface area (Å²) in [6.45, 7) is 0.856. The minimum Gasteiger partial charge on any atom is -0.371 e. The molecule has 2 rings (SSSR count). The molecule has 2 heteroatoms. The SMILES string of the molecule is N#CC(=Cc1ccccc1)COCc1ccccc1. The van der Waals surface area contributed by atoms with Gasteiger partial charge in [-0.15, -0.1) is 0 Å². The van der Waals surface area contributed by atoms with Gasteiger partial charge in [0, 0.05) is 0 Å². The smallest absolute Gasteiger partial charge is 0.0971 e. The van der Waals surface area contributed by atoms with Crippen LogP contribution in [0.5, 0.6) is 0 Å². The lowest BCUT2D eigenvalue weighted by atomic mass is 10.1. The number of hydrogen-bond acceptors (Lipinski definition) is 2. The zero-order valence-electron chi connectivity index (χ0n) is 10.6. The molecule has 0 unspecified atom stereocenters. The molecule has 0 saturated heterocycles. The summed E-state index contributed by atoms with van der Waals surface area (Å²) in [5.41, 5.74) is 2.75. The van der Waals surface area contributed by atoms with Crippen molar-refractivity contribution in [3.8, 4) is 6.07 Å². The molecule has 0 fully saturated rings. The maximum atomic E-state index is 9.09. The van der Waals surface area contributed by atoms with Gasteiger partial charge in [-0.25, -0.2) is 0 Å². The summed E-state index contributed by atoms with van der Waals surface area (Å²) in [4.78, 5) is 0. The summed E-state index contributed by atoms with van der Waals surface area (Å²) in [6, 6.07) is 21.9. The van der Waals surface area contributed by atoms with Gasteiger partial charge in [0.1, 0.15) is 0 Å². The first-order chi connectivity index (χ1) is 9.38. The summed E-state index contributed by atoms with van der Waals surface area (Å²) in [6.07, 6.45) is 1.85. The van der Waals surface area contributed by atoms with Gasteiger partial charge in [0.15, 0.2) is 0 Å². The Morgan fingerprint density at radius 2 is 1.63 bits per heavy atom. The van der Waals surface area contributed by atoms with Crippen LogP contribution in [0.3, 0.4) is 0 Å². The third kappa shape index (κ3) is 4.42. The fraction of sp³-hybridized carbons (Fsp3) is 0.118. The Kier molecular flexibility index (Phi) is 4.92. The molecule has 0 N–H and O–H groups in total. The van der Waals surface area contributed by atoms with Gasteiger partial charge in [0.25, 0.3) is 0 Å². The molecule has 2 aromatic carbocycles. The van der Waals surface area contributed by atoms with Crippen LogP contribution in [0.25, 0.3) is 6.08 Å². The number of nitriles is 1. The molecule has 94 valence electrons. The van der Waals surface area contributed by atoms with Crippen molar-refractivity contribution in [2.24, 2.45) is 0 Å². The van der Waals surface area contributed by atoms with Gasteiger partial charge in [-0.1, -0.05) is 60.7 Å². The van der Waals surface area contributed by atoms with Gasteiger partial charge >= 0.3 is 0 Å². The first-order valence-electron chi connectivity index (χ1n) is 6.16. The van der Waals surface area contributed by atoms with Crippen molar-refractivity contribution in [2.75, 3.05) is 6.61 Å². The number of rotatable bonds is 5. The highest BCUT2D eigenvalue weighted by Gasteiger charge is 1.98. The fourth-order valence-corrected chi connectivity index (χ4v) is 1.71. The average Bonchev–Trinajstić information content (AvgIpc) is 2.48. The predicted molar refractivity (Wildman–Crippen MR) is 76.1 cm³/mol. The van der Waals surface area contributed by atoms with Crippen molar-refractivity contribution in [3.63, 3.8) is 0 Å². The lowest BCUT2D eigenvalue weighted by molar-refractivity contribution is 0.145. The van der Waals surface area contributed by atoms with E-state index in [-0.39, 0.29) is 0 Å². The molecule has 0 aliphatic carbocycles. The Hall–Kier alpha value is -2.37. The summed E-state index contributed by atoms with van der Waals surface area (Å²) < 4.78 is 5.55. The minimum atomic E-state index is 0.334. The molecule has 0 atom stereocenters. The Bertz CT molecular complexity index is 567. The molecule has 2 aromatic rings. The first kappa shape index (κ1) is 13.1. The summed E-state index contributed by atoms with van der Waals surface area (Å²) in [7, 11) is 0. The molecule has 0 spiro atoms. The van der Waals surface area contributed by atoms with Gasteiger partial charge < -0.3 is 4.74 Å². The third-order valence-corrected chi connectivity index (χ3v) is 2.65. The predicted octanol–water partition coefficient (Wildman–Crippen LogP) is 3.81. The largest absolute Gasteiger partial charge is 0.371 e. The van der Waals surface area contributed by atoms with Gasteiger partial charge in [0.05, 0.1) is 24.9 Å². The average molecular weight is 249 g/mol. The van der Waals surface area contributed by atoms with Gasteiger partial charge in [-0.2, -0.15) is 5.26 Å². The maximum absolute atomic E-state index is 9.09. The van der Waals surface area contributed by atoms with E-state index in [1.165, 1.54) is 0 Å². The van der Waals surface area contributed by atoms with Crippen LogP contribution in [-0.4, -0.2) is 6.61 Å². The standard InChI is InChI=1S/C17H15NO/c18-12-17(11-15-7-3-1-4-8-15)14-19-13-16-9-5-2-6-10-16/h1-11H,13-14H2. The number of benzene rings is 2. The lowest BCUT2D eigenvalue weighted by Crippen LogP contribution is -1.97. The van der Waals surface area contributed by atoms with Crippen LogP contribution in [-0.2, 0) is 11.3 Å². The van der Waals surface area contributed by atoms with Crippen LogP contribution in [0.1, 0.15) is 11.1 Å². The molecule has 0 aromatic heterocycles. The van der Waals surface area contributed by atoms with Crippen molar-refractivity contribution in [3.05, 3.63) is 77.4 Å². The Labute approximate surface area is 113 Å². The van der Waals surface area contributed by atoms with Gasteiger partial charge in [0.2, 0.25) is 0 Å². The van der Waals surface area contributed by atoms with Crippen LogP contribution in [0.15, 0.2) is 66.2 Å². The van der Waals surface area contributed by atoms with E-state index < -0.39 is 0 Å². The molecule has 0 bridgehead atoms. The van der Waals surface area contributed by atoms with Gasteiger partial charge in [-0.3, -0.25) is 0 Å². The monoisotopic (exact) mass is 249 g/mol. The normalized spacial score (nSPS) is 11.0. The van der Waals surface area contributed by atoms with E-state index >= 15 is 0 Å². The zero-order valence-corrected chi connectivity index (χ0v) is 10.6. The van der Waals surface area contributed by atoms with E-state index in [0.717, 1.165) is 11.1 Å². The van der Waals surface area contributed by atoms with Crippen molar-refractivity contribution < 1.29 is 4.74 Å². The second-order valence-corrected chi connectivity index (χ2v) is 4.17. The van der Waals surface area contributed by atoms with E-state index in [0.29, 0.717) is 18.8 Å². The minimum absolute atomic E-state index is 0.334. The molecule has 0 aliphatic rings. The molecule has 0 heterocycles. The molecular formula is C17H15NO. The van der Waals surface area contributed by atoms with Crippen molar-refractivity contribution in [2.45, 2.75) is 6.61 Å². The van der Waals surface area contributed by atoms with Crippen molar-refractivity contribution in [1.29, 1.82) is 5.26 Å². The summed E-state index contributed by atoms with van der Waals surface area (Å²) >= 11 is 0. The highest BCUT2D eigenvalue weighted by atomic mass is 16.5. The number of nitrogens with zero attached hydrogens (tertiary/aromatic N) is 1. The Morgan fingerprint density at radius 1 is 1.00 bits per heavy atom. The van der Waals surface area contributed by atoms with Crippen LogP contribution >= 0.6 is 0 Å². The van der Waals surface area contributed by atoms with Crippen LogP contribution in [0.4, 0.5) is 0 Å². The quantitative estimate of drug-likeness (QED) is 0.755. The van der Waals surface area contributed by atoms with E-state index in [9.17, 15) is 0 Å². The fourth-order valence-electron chi connectivity index (χ4n) is 1.71. The number of ether oxygens (including phenoxy) is 1. The van der Waals surface area contributed by atoms with E-state index in [1.807, 2.05) is 66.7 Å². The highest BCUT2D eigenvalue weighted by Crippen LogP contribution is 2.08. The second-order valence-electron chi connectivity index (χ2n) is 4.17. The van der Waals surface area contributed by atoms with E-state index in [1.54, 1.807) is 0 Å². The molecule has 0 amide bonds. The van der Waals surface area contributed by atoms with Crippen molar-refractivity contribution >= 4 is 6.08 Å². The lowest BCUT2D eigenvalue weighted by Gasteiger charge is -2.03. The van der Waals surface area contributed by atoms with Crippen molar-refractivity contribution in [1.82, 2.24) is 0 Å². The van der Waals surface area contributed by atoms with Crippen LogP contribution < -0.4 is 0 Å². The highest BCUT2D eigenvalue weighted by molar-refractivity contribution is 5.56.